The zero-order valence-electron chi connectivity index (χ0n) is 20.3. The summed E-state index contributed by atoms with van der Waals surface area (Å²) in [6.07, 6.45) is 1.05. The van der Waals surface area contributed by atoms with Crippen LogP contribution in [-0.4, -0.2) is 46.7 Å². The number of alkyl halides is 1. The molecule has 1 aliphatic rings. The van der Waals surface area contributed by atoms with Crippen LogP contribution in [0.3, 0.4) is 0 Å². The van der Waals surface area contributed by atoms with Gasteiger partial charge in [0, 0.05) is 23.6 Å². The number of nitrogens with one attached hydrogen (secondary N) is 1. The van der Waals surface area contributed by atoms with Crippen LogP contribution in [0.5, 0.6) is 11.5 Å². The second kappa shape index (κ2) is 11.8. The van der Waals surface area contributed by atoms with E-state index in [0.717, 1.165) is 23.3 Å². The van der Waals surface area contributed by atoms with Crippen LogP contribution in [-0.2, 0) is 11.3 Å². The number of hydrazone groups is 1. The maximum Gasteiger partial charge on any atom is 0.276 e. The highest BCUT2D eigenvalue weighted by atomic mass is 35.5. The van der Waals surface area contributed by atoms with Crippen molar-refractivity contribution in [3.8, 4) is 11.5 Å². The summed E-state index contributed by atoms with van der Waals surface area (Å²) in [6, 6.07) is 15.2. The lowest BCUT2D eigenvalue weighted by Crippen LogP contribution is -2.36. The van der Waals surface area contributed by atoms with Gasteiger partial charge in [0.15, 0.2) is 22.3 Å². The number of amides is 2. The van der Waals surface area contributed by atoms with Gasteiger partial charge in [-0.1, -0.05) is 30.7 Å². The molecule has 192 valence electrons. The number of carbonyl (C=O) groups is 2. The Bertz CT molecular complexity index is 1300. The second-order valence-corrected chi connectivity index (χ2v) is 8.64. The van der Waals surface area contributed by atoms with Gasteiger partial charge in [-0.2, -0.15) is 5.10 Å². The zero-order valence-corrected chi connectivity index (χ0v) is 21.0. The number of hydrogen-bond donors (Lipinski definition) is 1. The summed E-state index contributed by atoms with van der Waals surface area (Å²) >= 11 is 5.71. The van der Waals surface area contributed by atoms with Gasteiger partial charge in [0.1, 0.15) is 0 Å². The molecule has 2 heterocycles. The molecule has 0 aliphatic carbocycles. The number of benzene rings is 2. The first-order chi connectivity index (χ1) is 17.9. The highest BCUT2D eigenvalue weighted by Crippen LogP contribution is 2.32. The lowest BCUT2D eigenvalue weighted by atomic mass is 9.89. The Kier molecular flexibility index (Phi) is 8.29. The topological polar surface area (TPSA) is 106 Å². The summed E-state index contributed by atoms with van der Waals surface area (Å²) < 4.78 is 23.0. The number of anilines is 1. The molecule has 2 aromatic carbocycles. The van der Waals surface area contributed by atoms with Gasteiger partial charge < -0.3 is 14.8 Å². The summed E-state index contributed by atoms with van der Waals surface area (Å²) in [4.78, 5) is 25.2. The van der Waals surface area contributed by atoms with Crippen molar-refractivity contribution >= 4 is 34.8 Å². The van der Waals surface area contributed by atoms with Gasteiger partial charge in [-0.15, -0.1) is 10.2 Å². The van der Waals surface area contributed by atoms with E-state index in [9.17, 15) is 14.0 Å². The molecule has 3 aromatic rings. The average Bonchev–Trinajstić information content (AvgIpc) is 2.91. The number of aromatic nitrogens is 2. The summed E-state index contributed by atoms with van der Waals surface area (Å²) in [5.74, 6) is 0.120. The maximum absolute atomic E-state index is 12.9. The van der Waals surface area contributed by atoms with E-state index in [-0.39, 0.29) is 29.2 Å². The number of halogens is 2. The van der Waals surface area contributed by atoms with Gasteiger partial charge in [0.05, 0.1) is 19.4 Å². The van der Waals surface area contributed by atoms with Crippen LogP contribution in [0, 0.1) is 5.92 Å². The molecule has 0 bridgehead atoms. The SMILES string of the molecule is CCC1CC(=O)N(Cc2ccc(NC(=O)c3ccc(Cl)nn3)cc2)N=C1c1ccc(OCF)c(OC)c1. The van der Waals surface area contributed by atoms with E-state index in [1.54, 1.807) is 30.3 Å². The van der Waals surface area contributed by atoms with E-state index < -0.39 is 12.8 Å². The molecule has 0 saturated heterocycles. The molecule has 0 spiro atoms. The third-order valence-electron chi connectivity index (χ3n) is 5.90. The first-order valence-corrected chi connectivity index (χ1v) is 11.9. The molecule has 1 atom stereocenters. The van der Waals surface area contributed by atoms with Crippen LogP contribution in [0.15, 0.2) is 59.7 Å². The van der Waals surface area contributed by atoms with E-state index in [4.69, 9.17) is 21.1 Å². The van der Waals surface area contributed by atoms with E-state index >= 15 is 0 Å². The smallest absolute Gasteiger partial charge is 0.276 e. The molecule has 1 unspecified atom stereocenters. The summed E-state index contributed by atoms with van der Waals surface area (Å²) in [6.45, 7) is 1.30. The second-order valence-electron chi connectivity index (χ2n) is 8.26. The molecule has 1 aliphatic heterocycles. The monoisotopic (exact) mass is 525 g/mol. The lowest BCUT2D eigenvalue weighted by Gasteiger charge is -2.29. The van der Waals surface area contributed by atoms with Crippen LogP contribution in [0.1, 0.15) is 41.4 Å². The highest BCUT2D eigenvalue weighted by Gasteiger charge is 2.29. The molecule has 9 nitrogen and oxygen atoms in total. The highest BCUT2D eigenvalue weighted by molar-refractivity contribution is 6.29. The Morgan fingerprint density at radius 1 is 1.14 bits per heavy atom. The molecule has 4 rings (SSSR count). The molecular weight excluding hydrogens is 501 g/mol. The average molecular weight is 526 g/mol. The molecule has 11 heteroatoms. The molecule has 2 amide bonds. The van der Waals surface area contributed by atoms with Crippen LogP contribution >= 0.6 is 11.6 Å². The van der Waals surface area contributed by atoms with Gasteiger partial charge >= 0.3 is 0 Å². The quantitative estimate of drug-likeness (QED) is 0.427. The maximum atomic E-state index is 12.9. The molecule has 0 saturated carbocycles. The summed E-state index contributed by atoms with van der Waals surface area (Å²) in [5.41, 5.74) is 3.06. The minimum Gasteiger partial charge on any atom is -0.493 e. The number of rotatable bonds is 9. The zero-order chi connectivity index (χ0) is 26.4. The minimum atomic E-state index is -0.964. The van der Waals surface area contributed by atoms with Crippen LogP contribution < -0.4 is 14.8 Å². The summed E-state index contributed by atoms with van der Waals surface area (Å²) in [5, 5.41) is 16.5. The van der Waals surface area contributed by atoms with Gasteiger partial charge in [0.2, 0.25) is 12.8 Å². The Morgan fingerprint density at radius 2 is 1.92 bits per heavy atom. The van der Waals surface area contributed by atoms with Gasteiger partial charge in [0.25, 0.3) is 5.91 Å². The van der Waals surface area contributed by atoms with Crippen molar-refractivity contribution < 1.29 is 23.5 Å². The fourth-order valence-corrected chi connectivity index (χ4v) is 4.04. The van der Waals surface area contributed by atoms with Crippen molar-refractivity contribution in [2.75, 3.05) is 19.3 Å². The third kappa shape index (κ3) is 6.21. The van der Waals surface area contributed by atoms with Crippen molar-refractivity contribution in [3.05, 3.63) is 76.6 Å². The van der Waals surface area contributed by atoms with Crippen LogP contribution in [0.2, 0.25) is 5.15 Å². The van der Waals surface area contributed by atoms with Crippen molar-refractivity contribution in [1.82, 2.24) is 15.2 Å². The van der Waals surface area contributed by atoms with Gasteiger partial charge in [-0.05, 0) is 54.4 Å². The van der Waals surface area contributed by atoms with E-state index in [1.165, 1.54) is 24.3 Å². The van der Waals surface area contributed by atoms with Gasteiger partial charge in [-0.3, -0.25) is 9.59 Å². The van der Waals surface area contributed by atoms with Crippen LogP contribution in [0.25, 0.3) is 0 Å². The van der Waals surface area contributed by atoms with Gasteiger partial charge in [-0.25, -0.2) is 9.40 Å². The number of hydrogen-bond acceptors (Lipinski definition) is 7. The fourth-order valence-electron chi connectivity index (χ4n) is 3.94. The Hall–Kier alpha value is -4.05. The molecule has 0 radical (unpaired) electrons. The molecule has 0 fully saturated rings. The predicted octanol–water partition coefficient (Wildman–Crippen LogP) is 4.86. The Labute approximate surface area is 218 Å². The van der Waals surface area contributed by atoms with Crippen molar-refractivity contribution in [2.45, 2.75) is 26.3 Å². The van der Waals surface area contributed by atoms with E-state index in [2.05, 4.69) is 20.6 Å². The number of carbonyl (C=O) groups excluding carboxylic acids is 2. The van der Waals surface area contributed by atoms with E-state index in [0.29, 0.717) is 23.6 Å². The fraction of sp³-hybridized carbons (Fsp3) is 0.269. The summed E-state index contributed by atoms with van der Waals surface area (Å²) in [7, 11) is 1.48. The Balaban J connectivity index is 1.51. The molecule has 1 aromatic heterocycles. The van der Waals surface area contributed by atoms with E-state index in [1.807, 2.05) is 19.1 Å². The normalized spacial score (nSPS) is 15.2. The molecule has 1 N–H and O–H groups in total. The van der Waals surface area contributed by atoms with Crippen molar-refractivity contribution in [1.29, 1.82) is 0 Å². The van der Waals surface area contributed by atoms with Crippen LogP contribution in [0.4, 0.5) is 10.1 Å². The number of methoxy groups -OCH3 is 1. The standard InChI is InChI=1S/C26H25ClFN5O4/c1-3-17-13-24(34)33(32-25(17)18-6-10-21(37-15-28)22(12-18)36-2)14-16-4-7-19(8-5-16)29-26(35)20-9-11-23(27)31-30-20/h4-12,17H,3,13-15H2,1-2H3,(H,29,35). The molecular formula is C26H25ClFN5O4. The minimum absolute atomic E-state index is 0.0602. The predicted molar refractivity (Wildman–Crippen MR) is 137 cm³/mol. The number of nitrogens with zero attached hydrogens (tertiary/aromatic N) is 4. The van der Waals surface area contributed by atoms with Crippen molar-refractivity contribution in [3.63, 3.8) is 0 Å². The molecule has 37 heavy (non-hydrogen) atoms. The third-order valence-corrected chi connectivity index (χ3v) is 6.10. The first kappa shape index (κ1) is 26.0. The Morgan fingerprint density at radius 3 is 2.57 bits per heavy atom. The number of ether oxygens (including phenoxy) is 2. The first-order valence-electron chi connectivity index (χ1n) is 11.6. The van der Waals surface area contributed by atoms with Crippen molar-refractivity contribution in [2.24, 2.45) is 11.0 Å². The largest absolute Gasteiger partial charge is 0.493 e. The lowest BCUT2D eigenvalue weighted by molar-refractivity contribution is -0.133.